The second-order valence-electron chi connectivity index (χ2n) is 4.70. The summed E-state index contributed by atoms with van der Waals surface area (Å²) in [5.41, 5.74) is 3.77. The van der Waals surface area contributed by atoms with Gasteiger partial charge >= 0.3 is 0 Å². The van der Waals surface area contributed by atoms with Gasteiger partial charge in [-0.1, -0.05) is 44.0 Å². The molecule has 1 N–H and O–H groups in total. The third kappa shape index (κ3) is 2.92. The zero-order valence-corrected chi connectivity index (χ0v) is 14.7. The van der Waals surface area contributed by atoms with Crippen LogP contribution in [0, 0.1) is 13.8 Å². The first-order valence-corrected chi connectivity index (χ1v) is 7.81. The van der Waals surface area contributed by atoms with E-state index in [0.29, 0.717) is 0 Å². The predicted octanol–water partition coefficient (Wildman–Crippen LogP) is 4.92. The van der Waals surface area contributed by atoms with Crippen LogP contribution in [0.15, 0.2) is 39.3 Å². The smallest absolute Gasteiger partial charge is 0.128 e. The molecule has 1 atom stereocenters. The molecule has 0 fully saturated rings. The van der Waals surface area contributed by atoms with E-state index in [1.165, 1.54) is 0 Å². The quantitative estimate of drug-likeness (QED) is 0.793. The Bertz CT molecular complexity index is 639. The molecule has 2 aromatic rings. The Kier molecular flexibility index (Phi) is 4.89. The normalized spacial score (nSPS) is 12.3. The van der Waals surface area contributed by atoms with Gasteiger partial charge in [-0.3, -0.25) is 0 Å². The van der Waals surface area contributed by atoms with Crippen molar-refractivity contribution in [1.29, 1.82) is 0 Å². The third-order valence-corrected chi connectivity index (χ3v) is 4.67. The summed E-state index contributed by atoms with van der Waals surface area (Å²) in [5.74, 6) is 0.740. The lowest BCUT2D eigenvalue weighted by atomic mass is 9.96. The largest absolute Gasteiger partial charge is 0.496 e. The van der Waals surface area contributed by atoms with Crippen molar-refractivity contribution in [2.45, 2.75) is 20.0 Å². The summed E-state index contributed by atoms with van der Waals surface area (Å²) in [6, 6.07) is 9.67. The number of aliphatic hydroxyl groups excluding tert-OH is 1. The summed E-state index contributed by atoms with van der Waals surface area (Å²) in [4.78, 5) is 0. The van der Waals surface area contributed by atoms with Gasteiger partial charge < -0.3 is 9.84 Å². The number of methoxy groups -OCH3 is 1. The van der Waals surface area contributed by atoms with E-state index < -0.39 is 6.10 Å². The first-order valence-electron chi connectivity index (χ1n) is 6.22. The van der Waals surface area contributed by atoms with Gasteiger partial charge in [-0.25, -0.2) is 0 Å². The summed E-state index contributed by atoms with van der Waals surface area (Å²) in [5, 5.41) is 10.7. The maximum absolute atomic E-state index is 10.7. The second-order valence-corrected chi connectivity index (χ2v) is 6.47. The molecule has 0 aliphatic rings. The molecule has 2 rings (SSSR count). The van der Waals surface area contributed by atoms with Crippen LogP contribution in [0.25, 0.3) is 0 Å². The first kappa shape index (κ1) is 15.5. The third-order valence-electron chi connectivity index (χ3n) is 3.46. The fraction of sp³-hybridized carbons (Fsp3) is 0.250. The fourth-order valence-corrected chi connectivity index (χ4v) is 3.03. The van der Waals surface area contributed by atoms with Crippen molar-refractivity contribution in [1.82, 2.24) is 0 Å². The van der Waals surface area contributed by atoms with E-state index in [9.17, 15) is 5.11 Å². The van der Waals surface area contributed by atoms with Crippen LogP contribution >= 0.6 is 31.9 Å². The number of hydrogen-bond acceptors (Lipinski definition) is 2. The minimum atomic E-state index is -0.740. The Balaban J connectivity index is 2.56. The number of hydrogen-bond donors (Lipinski definition) is 1. The number of benzene rings is 2. The lowest BCUT2D eigenvalue weighted by molar-refractivity contribution is 0.213. The fourth-order valence-electron chi connectivity index (χ4n) is 2.19. The maximum atomic E-state index is 10.7. The van der Waals surface area contributed by atoms with Crippen LogP contribution < -0.4 is 4.74 Å². The van der Waals surface area contributed by atoms with Gasteiger partial charge in [0.05, 0.1) is 7.11 Å². The number of halogens is 2. The summed E-state index contributed by atoms with van der Waals surface area (Å²) in [6.07, 6.45) is -0.740. The molecule has 0 aliphatic heterocycles. The van der Waals surface area contributed by atoms with Gasteiger partial charge in [0.2, 0.25) is 0 Å². The standard InChI is InChI=1S/C16H16Br2O2/c1-9-4-6-12(16(20-3)10(9)2)15(19)13-8-11(17)5-7-14(13)18/h4-8,15,19H,1-3H3. The van der Waals surface area contributed by atoms with Crippen LogP contribution in [0.4, 0.5) is 0 Å². The molecule has 0 amide bonds. The molecule has 4 heteroatoms. The van der Waals surface area contributed by atoms with Crippen molar-refractivity contribution in [3.63, 3.8) is 0 Å². The van der Waals surface area contributed by atoms with Crippen LogP contribution in [0.3, 0.4) is 0 Å². The molecule has 20 heavy (non-hydrogen) atoms. The van der Waals surface area contributed by atoms with E-state index in [0.717, 1.165) is 36.9 Å². The van der Waals surface area contributed by atoms with Gasteiger partial charge in [-0.05, 0) is 43.2 Å². The Hall–Kier alpha value is -0.840. The zero-order valence-electron chi connectivity index (χ0n) is 11.6. The minimum absolute atomic E-state index is 0.740. The Morgan fingerprint density at radius 1 is 1.05 bits per heavy atom. The zero-order chi connectivity index (χ0) is 14.9. The molecule has 0 aromatic heterocycles. The molecular weight excluding hydrogens is 384 g/mol. The second kappa shape index (κ2) is 6.29. The van der Waals surface area contributed by atoms with Crippen LogP contribution in [-0.2, 0) is 0 Å². The molecule has 0 radical (unpaired) electrons. The number of aliphatic hydroxyl groups is 1. The van der Waals surface area contributed by atoms with E-state index in [4.69, 9.17) is 4.74 Å². The molecule has 2 aromatic carbocycles. The van der Waals surface area contributed by atoms with Crippen molar-refractivity contribution in [3.8, 4) is 5.75 Å². The van der Waals surface area contributed by atoms with Crippen LogP contribution in [0.2, 0.25) is 0 Å². The molecule has 0 bridgehead atoms. The lowest BCUT2D eigenvalue weighted by Gasteiger charge is -2.19. The molecule has 0 spiro atoms. The highest BCUT2D eigenvalue weighted by atomic mass is 79.9. The molecule has 0 saturated heterocycles. The van der Waals surface area contributed by atoms with Crippen LogP contribution in [0.5, 0.6) is 5.75 Å². The monoisotopic (exact) mass is 398 g/mol. The summed E-state index contributed by atoms with van der Waals surface area (Å²) >= 11 is 6.92. The van der Waals surface area contributed by atoms with E-state index in [1.807, 2.05) is 44.2 Å². The Morgan fingerprint density at radius 2 is 1.75 bits per heavy atom. The molecule has 2 nitrogen and oxygen atoms in total. The van der Waals surface area contributed by atoms with Crippen molar-refractivity contribution in [3.05, 3.63) is 61.5 Å². The van der Waals surface area contributed by atoms with Gasteiger partial charge in [0.1, 0.15) is 11.9 Å². The van der Waals surface area contributed by atoms with Gasteiger partial charge in [-0.2, -0.15) is 0 Å². The minimum Gasteiger partial charge on any atom is -0.496 e. The Morgan fingerprint density at radius 3 is 2.40 bits per heavy atom. The lowest BCUT2D eigenvalue weighted by Crippen LogP contribution is -2.05. The number of rotatable bonds is 3. The van der Waals surface area contributed by atoms with E-state index >= 15 is 0 Å². The van der Waals surface area contributed by atoms with Gasteiger partial charge in [-0.15, -0.1) is 0 Å². The molecular formula is C16H16Br2O2. The van der Waals surface area contributed by atoms with Crippen molar-refractivity contribution in [2.75, 3.05) is 7.11 Å². The van der Waals surface area contributed by atoms with E-state index in [2.05, 4.69) is 31.9 Å². The highest BCUT2D eigenvalue weighted by Gasteiger charge is 2.20. The molecule has 106 valence electrons. The van der Waals surface area contributed by atoms with Crippen molar-refractivity contribution < 1.29 is 9.84 Å². The van der Waals surface area contributed by atoms with Crippen LogP contribution in [-0.4, -0.2) is 12.2 Å². The van der Waals surface area contributed by atoms with Crippen molar-refractivity contribution in [2.24, 2.45) is 0 Å². The van der Waals surface area contributed by atoms with E-state index in [-0.39, 0.29) is 0 Å². The van der Waals surface area contributed by atoms with Crippen LogP contribution in [0.1, 0.15) is 28.4 Å². The summed E-state index contributed by atoms with van der Waals surface area (Å²) in [6.45, 7) is 4.03. The highest BCUT2D eigenvalue weighted by Crippen LogP contribution is 2.37. The SMILES string of the molecule is COc1c(C(O)c2cc(Br)ccc2Br)ccc(C)c1C. The summed E-state index contributed by atoms with van der Waals surface area (Å²) in [7, 11) is 1.63. The average Bonchev–Trinajstić information content (AvgIpc) is 2.43. The average molecular weight is 400 g/mol. The molecule has 1 unspecified atom stereocenters. The maximum Gasteiger partial charge on any atom is 0.128 e. The van der Waals surface area contributed by atoms with E-state index in [1.54, 1.807) is 7.11 Å². The van der Waals surface area contributed by atoms with Gasteiger partial charge in [0.25, 0.3) is 0 Å². The molecule has 0 saturated carbocycles. The van der Waals surface area contributed by atoms with Crippen molar-refractivity contribution >= 4 is 31.9 Å². The Labute approximate surface area is 136 Å². The predicted molar refractivity (Wildman–Crippen MR) is 88.4 cm³/mol. The number of ether oxygens (including phenoxy) is 1. The molecule has 0 heterocycles. The van der Waals surface area contributed by atoms with Gasteiger partial charge in [0, 0.05) is 20.1 Å². The van der Waals surface area contributed by atoms with Gasteiger partial charge in [0.15, 0.2) is 0 Å². The topological polar surface area (TPSA) is 29.5 Å². The highest BCUT2D eigenvalue weighted by molar-refractivity contribution is 9.11. The molecule has 0 aliphatic carbocycles. The first-order chi connectivity index (χ1) is 9.45. The number of aryl methyl sites for hydroxylation is 1. The summed E-state index contributed by atoms with van der Waals surface area (Å²) < 4.78 is 7.28.